The molecular formula is C27H30N4O2. The highest BCUT2D eigenvalue weighted by Gasteiger charge is 2.46. The Morgan fingerprint density at radius 3 is 2.73 bits per heavy atom. The predicted molar refractivity (Wildman–Crippen MR) is 129 cm³/mol. The average Bonchev–Trinajstić information content (AvgIpc) is 3.28. The number of aromatic nitrogens is 2. The van der Waals surface area contributed by atoms with Crippen molar-refractivity contribution in [2.24, 2.45) is 5.41 Å². The lowest BCUT2D eigenvalue weighted by molar-refractivity contribution is -0.130. The highest BCUT2D eigenvalue weighted by molar-refractivity contribution is 5.93. The van der Waals surface area contributed by atoms with Gasteiger partial charge in [-0.1, -0.05) is 61.0 Å². The molecule has 1 N–H and O–H groups in total. The molecule has 170 valence electrons. The maximum atomic E-state index is 13.5. The van der Waals surface area contributed by atoms with Gasteiger partial charge in [-0.3, -0.25) is 14.6 Å². The van der Waals surface area contributed by atoms with Gasteiger partial charge in [0, 0.05) is 32.0 Å². The van der Waals surface area contributed by atoms with Crippen molar-refractivity contribution in [2.45, 2.75) is 33.1 Å². The van der Waals surface area contributed by atoms with E-state index in [-0.39, 0.29) is 11.8 Å². The van der Waals surface area contributed by atoms with Gasteiger partial charge < -0.3 is 10.2 Å². The molecule has 6 nitrogen and oxygen atoms in total. The molecule has 2 amide bonds. The normalized spacial score (nSPS) is 17.7. The fraction of sp³-hybridized carbons (Fsp3) is 0.333. The van der Waals surface area contributed by atoms with Crippen molar-refractivity contribution in [2.75, 3.05) is 19.6 Å². The fourth-order valence-electron chi connectivity index (χ4n) is 4.59. The van der Waals surface area contributed by atoms with E-state index in [1.165, 1.54) is 18.0 Å². The molecule has 0 saturated carbocycles. The van der Waals surface area contributed by atoms with E-state index < -0.39 is 5.41 Å². The first-order valence-corrected chi connectivity index (χ1v) is 11.5. The molecule has 0 radical (unpaired) electrons. The molecule has 0 bridgehead atoms. The average molecular weight is 443 g/mol. The summed E-state index contributed by atoms with van der Waals surface area (Å²) >= 11 is 0. The third kappa shape index (κ3) is 4.95. The molecular weight excluding hydrogens is 412 g/mol. The van der Waals surface area contributed by atoms with Crippen molar-refractivity contribution in [1.29, 1.82) is 0 Å². The highest BCUT2D eigenvalue weighted by Crippen LogP contribution is 2.38. The molecule has 2 heterocycles. The smallest absolute Gasteiger partial charge is 0.274 e. The first-order valence-electron chi connectivity index (χ1n) is 11.5. The van der Waals surface area contributed by atoms with Crippen LogP contribution < -0.4 is 5.32 Å². The number of hydrogen-bond acceptors (Lipinski definition) is 4. The summed E-state index contributed by atoms with van der Waals surface area (Å²) in [5.41, 5.74) is 4.19. The zero-order valence-corrected chi connectivity index (χ0v) is 19.3. The predicted octanol–water partition coefficient (Wildman–Crippen LogP) is 4.05. The number of aryl methyl sites for hydroxylation is 1. The maximum Gasteiger partial charge on any atom is 0.274 e. The molecule has 1 aliphatic heterocycles. The number of likely N-dealkylation sites (tertiary alicyclic amines) is 1. The van der Waals surface area contributed by atoms with Gasteiger partial charge >= 0.3 is 0 Å². The van der Waals surface area contributed by atoms with E-state index in [1.807, 2.05) is 19.1 Å². The number of nitrogens with zero attached hydrogens (tertiary/aromatic N) is 3. The van der Waals surface area contributed by atoms with E-state index in [9.17, 15) is 9.59 Å². The summed E-state index contributed by atoms with van der Waals surface area (Å²) in [7, 11) is 0. The van der Waals surface area contributed by atoms with Gasteiger partial charge in [-0.2, -0.15) is 0 Å². The lowest BCUT2D eigenvalue weighted by atomic mass is 9.78. The molecule has 0 aliphatic carbocycles. The van der Waals surface area contributed by atoms with Crippen molar-refractivity contribution in [3.05, 3.63) is 83.9 Å². The van der Waals surface area contributed by atoms with Gasteiger partial charge in [0.1, 0.15) is 5.69 Å². The Morgan fingerprint density at radius 1 is 1.12 bits per heavy atom. The molecule has 0 unspecified atom stereocenters. The molecule has 1 aromatic heterocycles. The third-order valence-electron chi connectivity index (χ3n) is 6.32. The topological polar surface area (TPSA) is 75.2 Å². The van der Waals surface area contributed by atoms with Gasteiger partial charge in [0.25, 0.3) is 5.91 Å². The van der Waals surface area contributed by atoms with Crippen LogP contribution in [0.25, 0.3) is 11.1 Å². The number of rotatable bonds is 7. The Morgan fingerprint density at radius 2 is 1.97 bits per heavy atom. The minimum Gasteiger partial charge on any atom is -0.356 e. The minimum atomic E-state index is -0.688. The summed E-state index contributed by atoms with van der Waals surface area (Å²) in [5, 5.41) is 3.10. The van der Waals surface area contributed by atoms with Crippen LogP contribution in [0.15, 0.2) is 67.1 Å². The SMILES string of the molecule is CCCNC(=O)[C@]1(Cc2ccccc2-c2cccc(C)c2)CCN(C(=O)c2cnccn2)C1. The number of nitrogens with one attached hydrogen (secondary N) is 1. The van der Waals surface area contributed by atoms with Gasteiger partial charge in [-0.05, 0) is 42.9 Å². The van der Waals surface area contributed by atoms with Crippen molar-refractivity contribution in [1.82, 2.24) is 20.2 Å². The molecule has 1 aliphatic rings. The van der Waals surface area contributed by atoms with Crippen molar-refractivity contribution in [3.63, 3.8) is 0 Å². The standard InChI is InChI=1S/C27H30N4O2/c1-3-12-30-26(33)27(11-15-31(19-27)25(32)24-18-28-13-14-29-24)17-22-8-4-5-10-23(22)21-9-6-7-20(2)16-21/h4-10,13-14,16,18H,3,11-12,15,17,19H2,1-2H3,(H,30,33)/t27-/m0/s1. The van der Waals surface area contributed by atoms with Crippen LogP contribution in [0.4, 0.5) is 0 Å². The van der Waals surface area contributed by atoms with Crippen LogP contribution in [0, 0.1) is 12.3 Å². The summed E-state index contributed by atoms with van der Waals surface area (Å²) in [4.78, 5) is 36.4. The second-order valence-electron chi connectivity index (χ2n) is 8.81. The molecule has 1 atom stereocenters. The largest absolute Gasteiger partial charge is 0.356 e. The zero-order valence-electron chi connectivity index (χ0n) is 19.3. The Bertz CT molecular complexity index is 1130. The molecule has 6 heteroatoms. The number of hydrogen-bond donors (Lipinski definition) is 1. The molecule has 2 aromatic carbocycles. The summed E-state index contributed by atoms with van der Waals surface area (Å²) in [6.45, 7) is 5.62. The van der Waals surface area contributed by atoms with Crippen LogP contribution in [-0.2, 0) is 11.2 Å². The maximum absolute atomic E-state index is 13.5. The van der Waals surface area contributed by atoms with Crippen molar-refractivity contribution >= 4 is 11.8 Å². The molecule has 33 heavy (non-hydrogen) atoms. The van der Waals surface area contributed by atoms with E-state index >= 15 is 0 Å². The highest BCUT2D eigenvalue weighted by atomic mass is 16.2. The number of benzene rings is 2. The Kier molecular flexibility index (Phi) is 6.82. The first-order chi connectivity index (χ1) is 16.0. The quantitative estimate of drug-likeness (QED) is 0.599. The van der Waals surface area contributed by atoms with Gasteiger partial charge in [0.15, 0.2) is 0 Å². The molecule has 1 saturated heterocycles. The summed E-state index contributed by atoms with van der Waals surface area (Å²) in [6.07, 6.45) is 6.58. The van der Waals surface area contributed by atoms with E-state index in [0.29, 0.717) is 38.2 Å². The van der Waals surface area contributed by atoms with E-state index in [2.05, 4.69) is 58.6 Å². The van der Waals surface area contributed by atoms with Crippen LogP contribution in [-0.4, -0.2) is 46.3 Å². The lowest BCUT2D eigenvalue weighted by Crippen LogP contribution is -2.45. The Hall–Kier alpha value is -3.54. The summed E-state index contributed by atoms with van der Waals surface area (Å²) < 4.78 is 0. The van der Waals surface area contributed by atoms with E-state index in [4.69, 9.17) is 0 Å². The fourth-order valence-corrected chi connectivity index (χ4v) is 4.59. The van der Waals surface area contributed by atoms with Crippen LogP contribution in [0.1, 0.15) is 41.4 Å². The number of carbonyl (C=O) groups is 2. The van der Waals surface area contributed by atoms with E-state index in [0.717, 1.165) is 23.1 Å². The molecule has 1 fully saturated rings. The number of amides is 2. The molecule has 4 rings (SSSR count). The van der Waals surface area contributed by atoms with Crippen molar-refractivity contribution < 1.29 is 9.59 Å². The summed E-state index contributed by atoms with van der Waals surface area (Å²) in [6, 6.07) is 16.7. The van der Waals surface area contributed by atoms with Crippen LogP contribution in [0.5, 0.6) is 0 Å². The van der Waals surface area contributed by atoms with Gasteiger partial charge in [0.05, 0.1) is 11.6 Å². The molecule has 0 spiro atoms. The second kappa shape index (κ2) is 9.94. The lowest BCUT2D eigenvalue weighted by Gasteiger charge is -2.29. The Labute approximate surface area is 195 Å². The van der Waals surface area contributed by atoms with Gasteiger partial charge in [-0.25, -0.2) is 4.98 Å². The third-order valence-corrected chi connectivity index (χ3v) is 6.32. The first kappa shape index (κ1) is 22.6. The van der Waals surface area contributed by atoms with Crippen LogP contribution >= 0.6 is 0 Å². The van der Waals surface area contributed by atoms with Crippen LogP contribution in [0.3, 0.4) is 0 Å². The monoisotopic (exact) mass is 442 g/mol. The molecule has 3 aromatic rings. The zero-order chi connectivity index (χ0) is 23.3. The Balaban J connectivity index is 1.66. The van der Waals surface area contributed by atoms with Crippen molar-refractivity contribution in [3.8, 4) is 11.1 Å². The van der Waals surface area contributed by atoms with E-state index in [1.54, 1.807) is 11.1 Å². The second-order valence-corrected chi connectivity index (χ2v) is 8.81. The van der Waals surface area contributed by atoms with Gasteiger partial charge in [-0.15, -0.1) is 0 Å². The number of carbonyl (C=O) groups excluding carboxylic acids is 2. The van der Waals surface area contributed by atoms with Gasteiger partial charge in [0.2, 0.25) is 5.91 Å². The van der Waals surface area contributed by atoms with Crippen LogP contribution in [0.2, 0.25) is 0 Å². The summed E-state index contributed by atoms with van der Waals surface area (Å²) in [5.74, 6) is -0.168. The minimum absolute atomic E-state index is 0.0119.